The van der Waals surface area contributed by atoms with Crippen molar-refractivity contribution >= 4 is 35.1 Å². The lowest BCUT2D eigenvalue weighted by Gasteiger charge is -2.08. The lowest BCUT2D eigenvalue weighted by molar-refractivity contribution is -0.708. The van der Waals surface area contributed by atoms with Gasteiger partial charge in [-0.05, 0) is 30.2 Å². The summed E-state index contributed by atoms with van der Waals surface area (Å²) in [6.45, 7) is 0. The van der Waals surface area contributed by atoms with Crippen LogP contribution in [0.4, 0.5) is 5.69 Å². The highest BCUT2D eigenvalue weighted by molar-refractivity contribution is 7.99. The van der Waals surface area contributed by atoms with Gasteiger partial charge in [0.1, 0.15) is 12.4 Å². The summed E-state index contributed by atoms with van der Waals surface area (Å²) in [5, 5.41) is 3.91. The fourth-order valence-electron chi connectivity index (χ4n) is 1.60. The number of para-hydroxylation sites is 1. The Balaban J connectivity index is 1.93. The Labute approximate surface area is 121 Å². The van der Waals surface area contributed by atoms with Crippen molar-refractivity contribution in [2.24, 2.45) is 7.05 Å². The molecule has 0 saturated heterocycles. The minimum Gasteiger partial charge on any atom is -0.324 e. The van der Waals surface area contributed by atoms with Gasteiger partial charge in [0.2, 0.25) is 5.91 Å². The first-order valence-corrected chi connectivity index (χ1v) is 8.00. The van der Waals surface area contributed by atoms with Gasteiger partial charge in [0.05, 0.1) is 18.5 Å². The standard InChI is InChI=1S/C13H15N3OS2/c1-16-8-7-14-13(16)19-9-12(17)15-10-5-3-4-6-11(10)18-2/h3-8H,9H2,1-2H3,(H,15,17)/p+1. The van der Waals surface area contributed by atoms with Gasteiger partial charge in [0.15, 0.2) is 0 Å². The highest BCUT2D eigenvalue weighted by Crippen LogP contribution is 2.24. The van der Waals surface area contributed by atoms with E-state index in [0.717, 1.165) is 15.7 Å². The Kier molecular flexibility index (Phi) is 4.93. The van der Waals surface area contributed by atoms with Gasteiger partial charge in [-0.1, -0.05) is 12.1 Å². The van der Waals surface area contributed by atoms with Gasteiger partial charge < -0.3 is 5.32 Å². The van der Waals surface area contributed by atoms with E-state index in [1.807, 2.05) is 54.5 Å². The average molecular weight is 294 g/mol. The van der Waals surface area contributed by atoms with Crippen LogP contribution in [0.25, 0.3) is 0 Å². The molecule has 2 N–H and O–H groups in total. The zero-order chi connectivity index (χ0) is 13.7. The number of anilines is 1. The van der Waals surface area contributed by atoms with E-state index in [4.69, 9.17) is 0 Å². The number of nitrogens with zero attached hydrogens (tertiary/aromatic N) is 1. The number of thioether (sulfide) groups is 2. The van der Waals surface area contributed by atoms with E-state index in [-0.39, 0.29) is 5.91 Å². The molecule has 0 bridgehead atoms. The Morgan fingerprint density at radius 3 is 2.89 bits per heavy atom. The van der Waals surface area contributed by atoms with Crippen LogP contribution in [0.15, 0.2) is 46.7 Å². The number of aryl methyl sites for hydroxylation is 1. The summed E-state index contributed by atoms with van der Waals surface area (Å²) in [5.74, 6) is 0.387. The quantitative estimate of drug-likeness (QED) is 0.657. The van der Waals surface area contributed by atoms with Crippen molar-refractivity contribution < 1.29 is 9.36 Å². The van der Waals surface area contributed by atoms with Crippen LogP contribution in [0, 0.1) is 0 Å². The van der Waals surface area contributed by atoms with Crippen LogP contribution in [0.1, 0.15) is 0 Å². The molecule has 1 heterocycles. The zero-order valence-corrected chi connectivity index (χ0v) is 12.5. The first kappa shape index (κ1) is 14.0. The third kappa shape index (κ3) is 3.78. The number of imidazole rings is 1. The molecule has 4 nitrogen and oxygen atoms in total. The molecular formula is C13H16N3OS2+. The van der Waals surface area contributed by atoms with E-state index >= 15 is 0 Å². The van der Waals surface area contributed by atoms with E-state index < -0.39 is 0 Å². The van der Waals surface area contributed by atoms with E-state index in [1.165, 1.54) is 11.8 Å². The number of amides is 1. The van der Waals surface area contributed by atoms with E-state index in [1.54, 1.807) is 11.8 Å². The molecular weight excluding hydrogens is 278 g/mol. The molecule has 0 radical (unpaired) electrons. The van der Waals surface area contributed by atoms with Crippen LogP contribution in [0.2, 0.25) is 0 Å². The Bertz CT molecular complexity index is 569. The summed E-state index contributed by atoms with van der Waals surface area (Å²) in [6.07, 6.45) is 5.77. The molecule has 0 atom stereocenters. The van der Waals surface area contributed by atoms with E-state index in [2.05, 4.69) is 10.3 Å². The molecule has 0 saturated carbocycles. The Morgan fingerprint density at radius 2 is 2.21 bits per heavy atom. The number of nitrogens with one attached hydrogen (secondary N) is 2. The third-order valence-corrected chi connectivity index (χ3v) is 4.43. The number of aromatic amines is 1. The van der Waals surface area contributed by atoms with Crippen molar-refractivity contribution in [2.75, 3.05) is 17.3 Å². The van der Waals surface area contributed by atoms with Gasteiger partial charge in [0, 0.05) is 4.90 Å². The summed E-state index contributed by atoms with van der Waals surface area (Å²) >= 11 is 3.11. The molecule has 1 amide bonds. The molecule has 0 aliphatic rings. The lowest BCUT2D eigenvalue weighted by atomic mass is 10.3. The molecule has 1 aromatic heterocycles. The molecule has 6 heteroatoms. The molecule has 0 unspecified atom stereocenters. The predicted octanol–water partition coefficient (Wildman–Crippen LogP) is 2.29. The number of aromatic nitrogens is 2. The molecule has 100 valence electrons. The predicted molar refractivity (Wildman–Crippen MR) is 79.5 cm³/mol. The SMILES string of the molecule is CSc1ccccc1NC(=O)CSc1[nH]cc[n+]1C. The number of hydrogen-bond acceptors (Lipinski definition) is 3. The van der Waals surface area contributed by atoms with Gasteiger partial charge in [0.25, 0.3) is 0 Å². The molecule has 19 heavy (non-hydrogen) atoms. The second-order valence-electron chi connectivity index (χ2n) is 3.91. The monoisotopic (exact) mass is 294 g/mol. The maximum Gasteiger partial charge on any atom is 0.316 e. The molecule has 0 aliphatic carbocycles. The van der Waals surface area contributed by atoms with Gasteiger partial charge in [-0.3, -0.25) is 4.79 Å². The molecule has 0 spiro atoms. The number of H-pyrrole nitrogens is 1. The second-order valence-corrected chi connectivity index (χ2v) is 5.73. The van der Waals surface area contributed by atoms with E-state index in [0.29, 0.717) is 5.75 Å². The van der Waals surface area contributed by atoms with Crippen LogP contribution < -0.4 is 9.88 Å². The van der Waals surface area contributed by atoms with Crippen LogP contribution >= 0.6 is 23.5 Å². The number of carbonyl (C=O) groups is 1. The summed E-state index contributed by atoms with van der Waals surface area (Å²) in [4.78, 5) is 16.1. The van der Waals surface area contributed by atoms with Gasteiger partial charge >= 0.3 is 5.16 Å². The first-order chi connectivity index (χ1) is 9.20. The van der Waals surface area contributed by atoms with Gasteiger partial charge in [-0.15, -0.1) is 11.8 Å². The van der Waals surface area contributed by atoms with Crippen LogP contribution in [0.3, 0.4) is 0 Å². The van der Waals surface area contributed by atoms with Crippen molar-refractivity contribution in [1.82, 2.24) is 4.98 Å². The van der Waals surface area contributed by atoms with Crippen molar-refractivity contribution in [3.63, 3.8) is 0 Å². The van der Waals surface area contributed by atoms with E-state index in [9.17, 15) is 4.79 Å². The summed E-state index contributed by atoms with van der Waals surface area (Å²) in [6, 6.07) is 7.81. The smallest absolute Gasteiger partial charge is 0.316 e. The lowest BCUT2D eigenvalue weighted by Crippen LogP contribution is -2.28. The van der Waals surface area contributed by atoms with Crippen LogP contribution in [-0.4, -0.2) is 22.9 Å². The normalized spacial score (nSPS) is 10.4. The summed E-state index contributed by atoms with van der Waals surface area (Å²) in [5.41, 5.74) is 0.872. The third-order valence-electron chi connectivity index (χ3n) is 2.55. The highest BCUT2D eigenvalue weighted by atomic mass is 32.2. The maximum absolute atomic E-state index is 11.9. The first-order valence-electron chi connectivity index (χ1n) is 5.79. The summed E-state index contributed by atoms with van der Waals surface area (Å²) < 4.78 is 1.95. The zero-order valence-electron chi connectivity index (χ0n) is 10.8. The molecule has 2 rings (SSSR count). The summed E-state index contributed by atoms with van der Waals surface area (Å²) in [7, 11) is 1.94. The molecule has 0 fully saturated rings. The van der Waals surface area contributed by atoms with Crippen molar-refractivity contribution in [1.29, 1.82) is 0 Å². The molecule has 1 aromatic carbocycles. The van der Waals surface area contributed by atoms with Crippen molar-refractivity contribution in [3.8, 4) is 0 Å². The van der Waals surface area contributed by atoms with Crippen LogP contribution in [-0.2, 0) is 11.8 Å². The van der Waals surface area contributed by atoms with Gasteiger partial charge in [-0.25, -0.2) is 9.55 Å². The van der Waals surface area contributed by atoms with Gasteiger partial charge in [-0.2, -0.15) is 0 Å². The average Bonchev–Trinajstić information content (AvgIpc) is 2.82. The topological polar surface area (TPSA) is 48.8 Å². The minimum absolute atomic E-state index is 0.00102. The highest BCUT2D eigenvalue weighted by Gasteiger charge is 2.11. The Hall–Kier alpha value is -1.40. The fourth-order valence-corrected chi connectivity index (χ4v) is 2.91. The molecule has 2 aromatic rings. The number of carbonyl (C=O) groups excluding carboxylic acids is 1. The minimum atomic E-state index is 0.00102. The Morgan fingerprint density at radius 1 is 1.42 bits per heavy atom. The largest absolute Gasteiger partial charge is 0.324 e. The van der Waals surface area contributed by atoms with Crippen molar-refractivity contribution in [3.05, 3.63) is 36.7 Å². The number of benzene rings is 1. The number of hydrogen-bond donors (Lipinski definition) is 2. The van der Waals surface area contributed by atoms with Crippen molar-refractivity contribution in [2.45, 2.75) is 10.1 Å². The maximum atomic E-state index is 11.9. The second kappa shape index (κ2) is 6.68. The number of rotatable bonds is 5. The van der Waals surface area contributed by atoms with Crippen LogP contribution in [0.5, 0.6) is 0 Å². The fraction of sp³-hybridized carbons (Fsp3) is 0.231. The molecule has 0 aliphatic heterocycles.